The predicted molar refractivity (Wildman–Crippen MR) is 97.7 cm³/mol. The van der Waals surface area contributed by atoms with E-state index in [0.29, 0.717) is 17.0 Å². The van der Waals surface area contributed by atoms with Gasteiger partial charge in [0.25, 0.3) is 0 Å². The van der Waals surface area contributed by atoms with Crippen molar-refractivity contribution < 1.29 is 18.7 Å². The number of carbonyl (C=O) groups excluding carboxylic acids is 2. The van der Waals surface area contributed by atoms with Crippen molar-refractivity contribution in [2.45, 2.75) is 19.9 Å². The van der Waals surface area contributed by atoms with Crippen LogP contribution in [-0.4, -0.2) is 25.6 Å². The van der Waals surface area contributed by atoms with E-state index in [4.69, 9.17) is 4.74 Å². The number of ether oxygens (including phenoxy) is 1. The zero-order valence-electron chi connectivity index (χ0n) is 14.9. The molecule has 3 amide bonds. The Hall–Kier alpha value is -3.09. The van der Waals surface area contributed by atoms with Crippen molar-refractivity contribution >= 4 is 17.6 Å². The Morgan fingerprint density at radius 2 is 1.92 bits per heavy atom. The number of hydrogen-bond acceptors (Lipinski definition) is 3. The van der Waals surface area contributed by atoms with Gasteiger partial charge in [0.2, 0.25) is 5.91 Å². The molecule has 0 radical (unpaired) electrons. The van der Waals surface area contributed by atoms with Gasteiger partial charge in [-0.3, -0.25) is 4.79 Å². The summed E-state index contributed by atoms with van der Waals surface area (Å²) in [5.41, 5.74) is 1.86. The second-order valence-electron chi connectivity index (χ2n) is 5.82. The molecule has 7 heteroatoms. The fraction of sp³-hybridized carbons (Fsp3) is 0.263. The molecule has 0 aliphatic heterocycles. The van der Waals surface area contributed by atoms with Crippen LogP contribution in [0.4, 0.5) is 14.9 Å². The minimum Gasteiger partial charge on any atom is -0.495 e. The topological polar surface area (TPSA) is 79.5 Å². The van der Waals surface area contributed by atoms with Crippen LogP contribution >= 0.6 is 0 Å². The molecule has 0 heterocycles. The summed E-state index contributed by atoms with van der Waals surface area (Å²) in [4.78, 5) is 24.0. The first-order valence-corrected chi connectivity index (χ1v) is 8.14. The molecule has 0 aliphatic carbocycles. The van der Waals surface area contributed by atoms with E-state index in [2.05, 4.69) is 16.0 Å². The number of amides is 3. The zero-order chi connectivity index (χ0) is 19.1. The molecule has 0 unspecified atom stereocenters. The van der Waals surface area contributed by atoms with Crippen LogP contribution < -0.4 is 20.7 Å². The Morgan fingerprint density at radius 1 is 1.19 bits per heavy atom. The maximum atomic E-state index is 13.7. The number of urea groups is 1. The molecule has 0 saturated carbocycles. The van der Waals surface area contributed by atoms with E-state index in [1.165, 1.54) is 13.2 Å². The Morgan fingerprint density at radius 3 is 2.62 bits per heavy atom. The lowest BCUT2D eigenvalue weighted by molar-refractivity contribution is -0.115. The van der Waals surface area contributed by atoms with Crippen LogP contribution in [0, 0.1) is 12.7 Å². The summed E-state index contributed by atoms with van der Waals surface area (Å²) in [6.45, 7) is 3.33. The molecule has 2 aromatic rings. The van der Waals surface area contributed by atoms with Gasteiger partial charge in [0.15, 0.2) is 0 Å². The summed E-state index contributed by atoms with van der Waals surface area (Å²) in [5, 5.41) is 7.73. The number of nitrogens with one attached hydrogen (secondary N) is 3. The molecular weight excluding hydrogens is 337 g/mol. The molecule has 1 atom stereocenters. The number of benzene rings is 2. The highest BCUT2D eigenvalue weighted by Gasteiger charge is 2.14. The van der Waals surface area contributed by atoms with Gasteiger partial charge in [-0.05, 0) is 37.6 Å². The largest absolute Gasteiger partial charge is 0.495 e. The monoisotopic (exact) mass is 359 g/mol. The van der Waals surface area contributed by atoms with Crippen LogP contribution in [0.25, 0.3) is 0 Å². The predicted octanol–water partition coefficient (Wildman–Crippen LogP) is 3.14. The van der Waals surface area contributed by atoms with Gasteiger partial charge < -0.3 is 20.7 Å². The molecule has 138 valence electrons. The van der Waals surface area contributed by atoms with Crippen molar-refractivity contribution in [3.05, 3.63) is 59.4 Å². The lowest BCUT2D eigenvalue weighted by atomic mass is 10.1. The minimum atomic E-state index is -0.563. The number of halogens is 1. The third-order valence-electron chi connectivity index (χ3n) is 3.76. The molecule has 3 N–H and O–H groups in total. The van der Waals surface area contributed by atoms with E-state index < -0.39 is 23.8 Å². The van der Waals surface area contributed by atoms with Crippen molar-refractivity contribution in [3.8, 4) is 5.75 Å². The third-order valence-corrected chi connectivity index (χ3v) is 3.76. The molecule has 0 aliphatic rings. The maximum absolute atomic E-state index is 13.7. The summed E-state index contributed by atoms with van der Waals surface area (Å²) in [6, 6.07) is 10.5. The van der Waals surface area contributed by atoms with Gasteiger partial charge in [-0.15, -0.1) is 0 Å². The summed E-state index contributed by atoms with van der Waals surface area (Å²) in [6.07, 6.45) is 0. The van der Waals surface area contributed by atoms with Gasteiger partial charge in [-0.25, -0.2) is 9.18 Å². The lowest BCUT2D eigenvalue weighted by Gasteiger charge is -2.16. The van der Waals surface area contributed by atoms with Crippen molar-refractivity contribution in [2.24, 2.45) is 0 Å². The minimum absolute atomic E-state index is 0.229. The van der Waals surface area contributed by atoms with Gasteiger partial charge in [-0.2, -0.15) is 0 Å². The molecule has 0 aromatic heterocycles. The molecule has 0 spiro atoms. The number of rotatable bonds is 6. The standard InChI is InChI=1S/C19H22FN3O3/c1-12-8-9-17(26-3)16(10-12)23-18(24)11-21-19(25)22-13(2)14-6-4-5-7-15(14)20/h4-10,13H,11H2,1-3H3,(H,23,24)(H2,21,22,25)/t13-/m0/s1. The highest BCUT2D eigenvalue weighted by molar-refractivity contribution is 5.95. The number of anilines is 1. The van der Waals surface area contributed by atoms with Crippen LogP contribution in [0.2, 0.25) is 0 Å². The van der Waals surface area contributed by atoms with E-state index in [1.54, 1.807) is 37.3 Å². The number of methoxy groups -OCH3 is 1. The van der Waals surface area contributed by atoms with Crippen molar-refractivity contribution in [3.63, 3.8) is 0 Å². The van der Waals surface area contributed by atoms with Crippen molar-refractivity contribution in [2.75, 3.05) is 19.0 Å². The number of aryl methyl sites for hydroxylation is 1. The molecule has 0 saturated heterocycles. The Balaban J connectivity index is 1.86. The zero-order valence-corrected chi connectivity index (χ0v) is 14.9. The van der Waals surface area contributed by atoms with E-state index in [0.717, 1.165) is 5.56 Å². The molecule has 26 heavy (non-hydrogen) atoms. The molecule has 0 fully saturated rings. The Bertz CT molecular complexity index is 795. The van der Waals surface area contributed by atoms with Crippen LogP contribution in [-0.2, 0) is 4.79 Å². The van der Waals surface area contributed by atoms with Crippen LogP contribution in [0.5, 0.6) is 5.75 Å². The average Bonchev–Trinajstić information content (AvgIpc) is 2.60. The molecule has 0 bridgehead atoms. The highest BCUT2D eigenvalue weighted by Crippen LogP contribution is 2.24. The van der Waals surface area contributed by atoms with Crippen LogP contribution in [0.15, 0.2) is 42.5 Å². The Labute approximate surface area is 151 Å². The van der Waals surface area contributed by atoms with Gasteiger partial charge in [0, 0.05) is 5.56 Å². The summed E-state index contributed by atoms with van der Waals surface area (Å²) >= 11 is 0. The van der Waals surface area contributed by atoms with E-state index >= 15 is 0 Å². The molecule has 6 nitrogen and oxygen atoms in total. The Kier molecular flexibility index (Phi) is 6.54. The first-order chi connectivity index (χ1) is 12.4. The SMILES string of the molecule is COc1ccc(C)cc1NC(=O)CNC(=O)N[C@@H](C)c1ccccc1F. The van der Waals surface area contributed by atoms with Crippen LogP contribution in [0.3, 0.4) is 0 Å². The number of carbonyl (C=O) groups is 2. The quantitative estimate of drug-likeness (QED) is 0.741. The third kappa shape index (κ3) is 5.20. The second kappa shape index (κ2) is 8.84. The van der Waals surface area contributed by atoms with E-state index in [1.807, 2.05) is 13.0 Å². The highest BCUT2D eigenvalue weighted by atomic mass is 19.1. The van der Waals surface area contributed by atoms with Crippen LogP contribution in [0.1, 0.15) is 24.1 Å². The summed E-state index contributed by atoms with van der Waals surface area (Å²) in [7, 11) is 1.51. The maximum Gasteiger partial charge on any atom is 0.315 e. The van der Waals surface area contributed by atoms with Crippen molar-refractivity contribution in [1.82, 2.24) is 10.6 Å². The first-order valence-electron chi connectivity index (χ1n) is 8.14. The van der Waals surface area contributed by atoms with Crippen molar-refractivity contribution in [1.29, 1.82) is 0 Å². The lowest BCUT2D eigenvalue weighted by Crippen LogP contribution is -2.41. The summed E-state index contributed by atoms with van der Waals surface area (Å²) in [5.74, 6) is -0.270. The summed E-state index contributed by atoms with van der Waals surface area (Å²) < 4.78 is 18.9. The second-order valence-corrected chi connectivity index (χ2v) is 5.82. The first kappa shape index (κ1) is 19.2. The molecule has 2 aromatic carbocycles. The fourth-order valence-electron chi connectivity index (χ4n) is 2.43. The van der Waals surface area contributed by atoms with Gasteiger partial charge in [0.05, 0.1) is 25.4 Å². The molecular formula is C19H22FN3O3. The smallest absolute Gasteiger partial charge is 0.315 e. The van der Waals surface area contributed by atoms with E-state index in [9.17, 15) is 14.0 Å². The normalized spacial score (nSPS) is 11.4. The molecule has 2 rings (SSSR count). The van der Waals surface area contributed by atoms with E-state index in [-0.39, 0.29) is 6.54 Å². The van der Waals surface area contributed by atoms with Gasteiger partial charge >= 0.3 is 6.03 Å². The fourth-order valence-corrected chi connectivity index (χ4v) is 2.43. The van der Waals surface area contributed by atoms with Gasteiger partial charge in [-0.1, -0.05) is 24.3 Å². The number of hydrogen-bond donors (Lipinski definition) is 3. The average molecular weight is 359 g/mol. The van der Waals surface area contributed by atoms with Gasteiger partial charge in [0.1, 0.15) is 11.6 Å².